The Bertz CT molecular complexity index is 1500. The number of nitrogens with one attached hydrogen (secondary N) is 2. The van der Waals surface area contributed by atoms with Crippen molar-refractivity contribution in [3.63, 3.8) is 0 Å². The number of hydrogen-bond donors (Lipinski definition) is 2. The van der Waals surface area contributed by atoms with Gasteiger partial charge in [0, 0.05) is 29.3 Å². The van der Waals surface area contributed by atoms with E-state index in [-0.39, 0.29) is 17.5 Å². The van der Waals surface area contributed by atoms with Crippen LogP contribution in [0.25, 0.3) is 11.1 Å². The molecule has 0 radical (unpaired) electrons. The molecule has 4 aromatic rings. The van der Waals surface area contributed by atoms with Crippen LogP contribution in [0.2, 0.25) is 0 Å². The highest BCUT2D eigenvalue weighted by Gasteiger charge is 2.24. The summed E-state index contributed by atoms with van der Waals surface area (Å²) in [5, 5.41) is 6.08. The number of anilines is 4. The fourth-order valence-corrected chi connectivity index (χ4v) is 4.23. The molecule has 2 aliphatic heterocycles. The molecule has 6 rings (SSSR count). The van der Waals surface area contributed by atoms with E-state index in [1.165, 1.54) is 13.4 Å². The van der Waals surface area contributed by atoms with Crippen molar-refractivity contribution in [3.8, 4) is 28.4 Å². The van der Waals surface area contributed by atoms with Gasteiger partial charge < -0.3 is 34.0 Å². The summed E-state index contributed by atoms with van der Waals surface area (Å²) in [4.78, 5) is 20.3. The quantitative estimate of drug-likeness (QED) is 0.353. The van der Waals surface area contributed by atoms with Gasteiger partial charge in [-0.05, 0) is 29.8 Å². The lowest BCUT2D eigenvalue weighted by Gasteiger charge is -2.23. The van der Waals surface area contributed by atoms with Crippen molar-refractivity contribution in [2.24, 2.45) is 0 Å². The van der Waals surface area contributed by atoms with Crippen molar-refractivity contribution in [2.75, 3.05) is 37.6 Å². The number of halogens is 1. The Balaban J connectivity index is 1.29. The van der Waals surface area contributed by atoms with Gasteiger partial charge in [0.25, 0.3) is 0 Å². The predicted molar refractivity (Wildman–Crippen MR) is 131 cm³/mol. The Kier molecular flexibility index (Phi) is 5.72. The number of carbonyl (C=O) groups excluding carboxylic acids is 1. The normalized spacial score (nSPS) is 13.5. The number of aromatic nitrogens is 2. The van der Waals surface area contributed by atoms with Crippen molar-refractivity contribution in [1.29, 1.82) is 0 Å². The average molecular weight is 504 g/mol. The van der Waals surface area contributed by atoms with Crippen LogP contribution in [0, 0.1) is 5.82 Å². The zero-order valence-electron chi connectivity index (χ0n) is 19.7. The zero-order chi connectivity index (χ0) is 25.4. The van der Waals surface area contributed by atoms with E-state index in [0.29, 0.717) is 60.4 Å². The van der Waals surface area contributed by atoms with Gasteiger partial charge in [-0.1, -0.05) is 6.07 Å². The second-order valence-corrected chi connectivity index (χ2v) is 8.26. The SMILES string of the molecule is COC(=O)c1cc(-c2c3ccc(Nc4ncc(F)c(Nc5ccc6c(c5)OCCO6)n4)c2OCC3)co1. The summed E-state index contributed by atoms with van der Waals surface area (Å²) in [6, 6.07) is 10.6. The number of fused-ring (bicyclic) bond motifs is 3. The lowest BCUT2D eigenvalue weighted by Crippen LogP contribution is -2.15. The smallest absolute Gasteiger partial charge is 0.373 e. The largest absolute Gasteiger partial charge is 0.490 e. The van der Waals surface area contributed by atoms with Crippen molar-refractivity contribution < 1.29 is 32.5 Å². The minimum Gasteiger partial charge on any atom is -0.490 e. The van der Waals surface area contributed by atoms with Crippen LogP contribution in [0.15, 0.2) is 53.3 Å². The number of ether oxygens (including phenoxy) is 4. The second-order valence-electron chi connectivity index (χ2n) is 8.26. The van der Waals surface area contributed by atoms with E-state index in [1.807, 2.05) is 12.1 Å². The highest BCUT2D eigenvalue weighted by Crippen LogP contribution is 2.43. The molecule has 0 amide bonds. The van der Waals surface area contributed by atoms with Crippen LogP contribution in [0.5, 0.6) is 17.2 Å². The molecule has 11 heteroatoms. The molecule has 0 saturated carbocycles. The zero-order valence-corrected chi connectivity index (χ0v) is 19.7. The first-order valence-electron chi connectivity index (χ1n) is 11.5. The van der Waals surface area contributed by atoms with E-state index in [0.717, 1.165) is 17.3 Å². The number of methoxy groups -OCH3 is 1. The van der Waals surface area contributed by atoms with Gasteiger partial charge in [-0.15, -0.1) is 0 Å². The molecule has 4 heterocycles. The molecular weight excluding hydrogens is 483 g/mol. The van der Waals surface area contributed by atoms with E-state index in [1.54, 1.807) is 24.3 Å². The van der Waals surface area contributed by atoms with Gasteiger partial charge in [0.2, 0.25) is 11.7 Å². The standard InChI is InChI=1S/C26H21FN4O6/c1-33-25(32)21-10-15(13-37-21)22-14-2-4-18(23(22)36-7-6-14)30-26-28-12-17(27)24(31-26)29-16-3-5-19-20(11-16)35-9-8-34-19/h2-5,10-13H,6-9H2,1H3,(H2,28,29,30,31). The van der Waals surface area contributed by atoms with Gasteiger partial charge in [-0.2, -0.15) is 4.98 Å². The maximum atomic E-state index is 14.6. The second kappa shape index (κ2) is 9.34. The lowest BCUT2D eigenvalue weighted by atomic mass is 9.95. The molecule has 2 bridgehead atoms. The van der Waals surface area contributed by atoms with E-state index >= 15 is 0 Å². The fourth-order valence-electron chi connectivity index (χ4n) is 4.23. The molecule has 37 heavy (non-hydrogen) atoms. The van der Waals surface area contributed by atoms with Crippen molar-refractivity contribution >= 4 is 29.1 Å². The van der Waals surface area contributed by atoms with E-state index in [9.17, 15) is 9.18 Å². The van der Waals surface area contributed by atoms with Crippen LogP contribution in [0.1, 0.15) is 16.1 Å². The number of hydrogen-bond acceptors (Lipinski definition) is 10. The summed E-state index contributed by atoms with van der Waals surface area (Å²) in [5.41, 5.74) is 3.65. The third kappa shape index (κ3) is 4.35. The number of nitrogens with zero attached hydrogens (tertiary/aromatic N) is 2. The molecule has 2 aliphatic rings. The molecular formula is C26H21FN4O6. The van der Waals surface area contributed by atoms with Crippen LogP contribution >= 0.6 is 0 Å². The van der Waals surface area contributed by atoms with Gasteiger partial charge >= 0.3 is 5.97 Å². The first-order chi connectivity index (χ1) is 18.1. The van der Waals surface area contributed by atoms with Crippen molar-refractivity contribution in [1.82, 2.24) is 9.97 Å². The van der Waals surface area contributed by atoms with Gasteiger partial charge in [0.1, 0.15) is 13.2 Å². The monoisotopic (exact) mass is 504 g/mol. The Morgan fingerprint density at radius 3 is 2.76 bits per heavy atom. The van der Waals surface area contributed by atoms with Crippen LogP contribution in [-0.2, 0) is 11.2 Å². The summed E-state index contributed by atoms with van der Waals surface area (Å²) in [5.74, 6) is 0.794. The van der Waals surface area contributed by atoms with Crippen molar-refractivity contribution in [2.45, 2.75) is 6.42 Å². The van der Waals surface area contributed by atoms with Gasteiger partial charge in [-0.3, -0.25) is 0 Å². The summed E-state index contributed by atoms with van der Waals surface area (Å²) in [6.45, 7) is 1.41. The molecule has 0 spiro atoms. The molecule has 188 valence electrons. The molecule has 2 aromatic carbocycles. The Labute approximate surface area is 210 Å². The number of benzene rings is 2. The molecule has 0 aliphatic carbocycles. The topological polar surface area (TPSA) is 117 Å². The van der Waals surface area contributed by atoms with Crippen LogP contribution < -0.4 is 24.8 Å². The van der Waals surface area contributed by atoms with E-state index in [4.69, 9.17) is 23.4 Å². The van der Waals surface area contributed by atoms with E-state index in [2.05, 4.69) is 20.6 Å². The predicted octanol–water partition coefficient (Wildman–Crippen LogP) is 4.86. The Morgan fingerprint density at radius 2 is 1.89 bits per heavy atom. The third-order valence-corrected chi connectivity index (χ3v) is 5.93. The fraction of sp³-hybridized carbons (Fsp3) is 0.192. The van der Waals surface area contributed by atoms with Crippen LogP contribution in [0.4, 0.5) is 27.5 Å². The Morgan fingerprint density at radius 1 is 1.03 bits per heavy atom. The highest BCUT2D eigenvalue weighted by molar-refractivity contribution is 5.90. The van der Waals surface area contributed by atoms with Gasteiger partial charge in [-0.25, -0.2) is 14.2 Å². The Hall–Kier alpha value is -4.80. The summed E-state index contributed by atoms with van der Waals surface area (Å²) < 4.78 is 41.8. The van der Waals surface area contributed by atoms with Crippen molar-refractivity contribution in [3.05, 3.63) is 66.0 Å². The summed E-state index contributed by atoms with van der Waals surface area (Å²) in [6.07, 6.45) is 3.25. The maximum Gasteiger partial charge on any atom is 0.373 e. The highest BCUT2D eigenvalue weighted by atomic mass is 19.1. The maximum absolute atomic E-state index is 14.6. The minimum atomic E-state index is -0.622. The minimum absolute atomic E-state index is 0.0156. The lowest BCUT2D eigenvalue weighted by molar-refractivity contribution is 0.0565. The molecule has 0 atom stereocenters. The molecule has 2 aromatic heterocycles. The summed E-state index contributed by atoms with van der Waals surface area (Å²) >= 11 is 0. The van der Waals surface area contributed by atoms with Crippen LogP contribution in [0.3, 0.4) is 0 Å². The first kappa shape index (κ1) is 22.7. The molecule has 10 nitrogen and oxygen atoms in total. The molecule has 0 unspecified atom stereocenters. The number of esters is 1. The van der Waals surface area contributed by atoms with Gasteiger partial charge in [0.05, 0.1) is 31.9 Å². The third-order valence-electron chi connectivity index (χ3n) is 5.93. The van der Waals surface area contributed by atoms with E-state index < -0.39 is 11.8 Å². The average Bonchev–Trinajstić information content (AvgIpc) is 3.41. The number of rotatable bonds is 6. The molecule has 2 N–H and O–H groups in total. The van der Waals surface area contributed by atoms with Gasteiger partial charge in [0.15, 0.2) is 28.9 Å². The summed E-state index contributed by atoms with van der Waals surface area (Å²) in [7, 11) is 1.29. The molecule has 0 fully saturated rings. The number of carbonyl (C=O) groups is 1. The van der Waals surface area contributed by atoms with Crippen LogP contribution in [-0.4, -0.2) is 42.9 Å². The number of furan rings is 1. The molecule has 0 saturated heterocycles. The first-order valence-corrected chi connectivity index (χ1v) is 11.5.